The van der Waals surface area contributed by atoms with Crippen molar-refractivity contribution in [1.29, 1.82) is 0 Å². The van der Waals surface area contributed by atoms with Crippen LogP contribution in [0.25, 0.3) is 0 Å². The Kier molecular flexibility index (Phi) is 7.55. The van der Waals surface area contributed by atoms with Gasteiger partial charge in [0.1, 0.15) is 5.83 Å². The van der Waals surface area contributed by atoms with Gasteiger partial charge in [0, 0.05) is 5.57 Å². The maximum atomic E-state index is 13.4. The van der Waals surface area contributed by atoms with Crippen LogP contribution < -0.4 is 0 Å². The number of halogens is 1. The van der Waals surface area contributed by atoms with Crippen LogP contribution in [0.3, 0.4) is 0 Å². The number of hydrogen-bond acceptors (Lipinski definition) is 0. The van der Waals surface area contributed by atoms with Crippen molar-refractivity contribution in [3.8, 4) is 0 Å². The third kappa shape index (κ3) is 6.18. The minimum atomic E-state index is -0.458. The molecule has 1 heteroatoms. The molecule has 0 amide bonds. The minimum Gasteiger partial charge on any atom is -0.206 e. The highest BCUT2D eigenvalue weighted by Crippen LogP contribution is 2.19. The first kappa shape index (κ1) is 16.6. The lowest BCUT2D eigenvalue weighted by Gasteiger charge is -2.03. The van der Waals surface area contributed by atoms with Gasteiger partial charge < -0.3 is 0 Å². The van der Waals surface area contributed by atoms with Gasteiger partial charge in [-0.05, 0) is 22.8 Å². The molecule has 0 aliphatic carbocycles. The summed E-state index contributed by atoms with van der Waals surface area (Å²) >= 11 is 0. The predicted octanol–water partition coefficient (Wildman–Crippen LogP) is 5.55. The third-order valence-corrected chi connectivity index (χ3v) is 2.27. The van der Waals surface area contributed by atoms with Crippen LogP contribution in [0, 0.1) is 0 Å². The fraction of sp³-hybridized carbons (Fsp3) is 0. The van der Waals surface area contributed by atoms with Crippen molar-refractivity contribution in [3.05, 3.63) is 110 Å². The Morgan fingerprint density at radius 3 is 1.79 bits per heavy atom. The van der Waals surface area contributed by atoms with E-state index in [0.717, 1.165) is 5.57 Å². The van der Waals surface area contributed by atoms with Crippen LogP contribution in [0.15, 0.2) is 110 Å². The van der Waals surface area contributed by atoms with Crippen molar-refractivity contribution >= 4 is 0 Å². The normalized spacial score (nSPS) is 11.5. The van der Waals surface area contributed by atoms with E-state index in [1.165, 1.54) is 12.2 Å². The fourth-order valence-electron chi connectivity index (χ4n) is 1.06. The number of allylic oxidation sites excluding steroid dienone is 12. The summed E-state index contributed by atoms with van der Waals surface area (Å²) in [5, 5.41) is 0. The number of hydrogen-bond donors (Lipinski definition) is 0. The first-order valence-electron chi connectivity index (χ1n) is 5.66. The average Bonchev–Trinajstić information content (AvgIpc) is 2.40. The van der Waals surface area contributed by atoms with Crippen molar-refractivity contribution in [2.75, 3.05) is 0 Å². The van der Waals surface area contributed by atoms with Crippen LogP contribution in [0.1, 0.15) is 0 Å². The molecule has 0 atom stereocenters. The van der Waals surface area contributed by atoms with Gasteiger partial charge in [-0.25, -0.2) is 4.39 Å². The van der Waals surface area contributed by atoms with E-state index in [4.69, 9.17) is 0 Å². The van der Waals surface area contributed by atoms with Gasteiger partial charge in [0.05, 0.1) is 0 Å². The van der Waals surface area contributed by atoms with Crippen LogP contribution in [0.2, 0.25) is 0 Å². The van der Waals surface area contributed by atoms with Crippen molar-refractivity contribution < 1.29 is 4.39 Å². The number of rotatable bonds is 8. The highest BCUT2D eigenvalue weighted by atomic mass is 19.1. The first-order valence-corrected chi connectivity index (χ1v) is 5.66. The summed E-state index contributed by atoms with van der Waals surface area (Å²) in [6, 6.07) is 0. The van der Waals surface area contributed by atoms with E-state index in [2.05, 4.69) is 39.5 Å². The summed E-state index contributed by atoms with van der Waals surface area (Å²) in [5.74, 6) is -0.458. The summed E-state index contributed by atoms with van der Waals surface area (Å²) in [7, 11) is 0. The lowest BCUT2D eigenvalue weighted by molar-refractivity contribution is 0.656. The molecule has 0 bridgehead atoms. The monoisotopic (exact) mass is 254 g/mol. The van der Waals surface area contributed by atoms with Crippen LogP contribution >= 0.6 is 0 Å². The van der Waals surface area contributed by atoms with Crippen LogP contribution in [-0.4, -0.2) is 0 Å². The van der Waals surface area contributed by atoms with Gasteiger partial charge in [-0.15, -0.1) is 0 Å². The standard InChI is InChI=1S/C18H19F/c1-7-9-11-14(3)15(4)12-13-16(5)17(6)18(19)10-8-2/h7-13H,1-6H2/b11-9-,13-12-,18-10+. The Hall–Kier alpha value is -2.41. The molecule has 0 nitrogen and oxygen atoms in total. The van der Waals surface area contributed by atoms with Gasteiger partial charge in [-0.1, -0.05) is 75.9 Å². The second-order valence-electron chi connectivity index (χ2n) is 3.73. The smallest absolute Gasteiger partial charge is 0.130 e. The zero-order valence-corrected chi connectivity index (χ0v) is 11.2. The Labute approximate surface area is 115 Å². The molecule has 0 N–H and O–H groups in total. The average molecular weight is 254 g/mol. The molecule has 0 aromatic heterocycles. The minimum absolute atomic E-state index is 0.219. The fourth-order valence-corrected chi connectivity index (χ4v) is 1.06. The van der Waals surface area contributed by atoms with Crippen LogP contribution in [-0.2, 0) is 0 Å². The van der Waals surface area contributed by atoms with Gasteiger partial charge in [-0.3, -0.25) is 0 Å². The van der Waals surface area contributed by atoms with Crippen molar-refractivity contribution in [1.82, 2.24) is 0 Å². The maximum absolute atomic E-state index is 13.4. The molecule has 0 spiro atoms. The van der Waals surface area contributed by atoms with E-state index in [-0.39, 0.29) is 5.57 Å². The molecular formula is C18H19F. The van der Waals surface area contributed by atoms with Crippen molar-refractivity contribution in [2.45, 2.75) is 0 Å². The molecule has 98 valence electrons. The summed E-state index contributed by atoms with van der Waals surface area (Å²) in [6.07, 6.45) is 11.2. The molecule has 0 radical (unpaired) electrons. The van der Waals surface area contributed by atoms with E-state index >= 15 is 0 Å². The molecule has 0 saturated carbocycles. The second-order valence-corrected chi connectivity index (χ2v) is 3.73. The Balaban J connectivity index is 4.73. The molecule has 0 aromatic rings. The molecule has 19 heavy (non-hydrogen) atoms. The predicted molar refractivity (Wildman–Crippen MR) is 84.4 cm³/mol. The maximum Gasteiger partial charge on any atom is 0.130 e. The Morgan fingerprint density at radius 2 is 1.26 bits per heavy atom. The van der Waals surface area contributed by atoms with E-state index in [9.17, 15) is 4.39 Å². The lowest BCUT2D eigenvalue weighted by atomic mass is 10.0. The van der Waals surface area contributed by atoms with Crippen LogP contribution in [0.5, 0.6) is 0 Å². The molecule has 0 aliphatic heterocycles. The summed E-state index contributed by atoms with van der Waals surface area (Å²) in [6.45, 7) is 22.1. The lowest BCUT2D eigenvalue weighted by Crippen LogP contribution is -1.85. The van der Waals surface area contributed by atoms with E-state index in [0.29, 0.717) is 11.1 Å². The Morgan fingerprint density at radius 1 is 0.737 bits per heavy atom. The summed E-state index contributed by atoms with van der Waals surface area (Å²) in [5.41, 5.74) is 2.14. The van der Waals surface area contributed by atoms with Gasteiger partial charge in [-0.2, -0.15) is 0 Å². The largest absolute Gasteiger partial charge is 0.206 e. The quantitative estimate of drug-likeness (QED) is 0.498. The zero-order chi connectivity index (χ0) is 14.8. The highest BCUT2D eigenvalue weighted by molar-refractivity contribution is 5.51. The van der Waals surface area contributed by atoms with Gasteiger partial charge in [0.15, 0.2) is 0 Å². The van der Waals surface area contributed by atoms with E-state index < -0.39 is 5.83 Å². The van der Waals surface area contributed by atoms with Crippen LogP contribution in [0.4, 0.5) is 4.39 Å². The first-order chi connectivity index (χ1) is 8.93. The SMILES string of the molecule is C=C/C=C\C(=C)C(=C)/C=C\C(=C)C(=C)/C(F)=C\C=C. The molecule has 0 aliphatic rings. The highest BCUT2D eigenvalue weighted by Gasteiger charge is 2.02. The molecule has 0 fully saturated rings. The van der Waals surface area contributed by atoms with Gasteiger partial charge >= 0.3 is 0 Å². The molecule has 0 aromatic carbocycles. The molecule has 0 unspecified atom stereocenters. The second kappa shape index (κ2) is 8.65. The van der Waals surface area contributed by atoms with Crippen molar-refractivity contribution in [3.63, 3.8) is 0 Å². The van der Waals surface area contributed by atoms with Gasteiger partial charge in [0.25, 0.3) is 0 Å². The van der Waals surface area contributed by atoms with Crippen molar-refractivity contribution in [2.24, 2.45) is 0 Å². The molecule has 0 heterocycles. The molecule has 0 rings (SSSR count). The molecule has 0 saturated heterocycles. The van der Waals surface area contributed by atoms with Gasteiger partial charge in [0.2, 0.25) is 0 Å². The Bertz CT molecular complexity index is 508. The summed E-state index contributed by atoms with van der Waals surface area (Å²) < 4.78 is 13.4. The third-order valence-electron chi connectivity index (χ3n) is 2.27. The summed E-state index contributed by atoms with van der Waals surface area (Å²) in [4.78, 5) is 0. The topological polar surface area (TPSA) is 0 Å². The van der Waals surface area contributed by atoms with E-state index in [1.807, 2.05) is 0 Å². The van der Waals surface area contributed by atoms with E-state index in [1.54, 1.807) is 30.4 Å². The zero-order valence-electron chi connectivity index (χ0n) is 11.2. The molecular weight excluding hydrogens is 235 g/mol.